The van der Waals surface area contributed by atoms with Crippen LogP contribution in [-0.2, 0) is 10.8 Å². The van der Waals surface area contributed by atoms with Gasteiger partial charge in [0.2, 0.25) is 0 Å². The highest BCUT2D eigenvalue weighted by Crippen LogP contribution is 2.53. The number of rotatable bonds is 3. The Morgan fingerprint density at radius 2 is 0.904 bits per heavy atom. The highest BCUT2D eigenvalue weighted by Gasteiger charge is 2.37. The van der Waals surface area contributed by atoms with Crippen molar-refractivity contribution in [1.29, 1.82) is 0 Å². The van der Waals surface area contributed by atoms with Crippen molar-refractivity contribution in [2.24, 2.45) is 0 Å². The third-order valence-electron chi connectivity index (χ3n) is 12.2. The van der Waals surface area contributed by atoms with Crippen LogP contribution in [0.15, 0.2) is 152 Å². The van der Waals surface area contributed by atoms with Gasteiger partial charge in [0.05, 0.1) is 0 Å². The summed E-state index contributed by atoms with van der Waals surface area (Å²) in [5, 5.41) is 7.85. The van der Waals surface area contributed by atoms with Crippen molar-refractivity contribution in [3.8, 4) is 22.3 Å². The fraction of sp³-hybridized carbons (Fsp3) is 0.120. The molecule has 1 heterocycles. The van der Waals surface area contributed by atoms with Crippen LogP contribution in [0, 0.1) is 0 Å². The summed E-state index contributed by atoms with van der Waals surface area (Å²) in [5.74, 6) is 0. The second-order valence-electron chi connectivity index (χ2n) is 15.7. The third kappa shape index (κ3) is 3.99. The molecule has 1 nitrogen and oxygen atoms in total. The van der Waals surface area contributed by atoms with Gasteiger partial charge >= 0.3 is 0 Å². The number of thiophene rings is 1. The van der Waals surface area contributed by atoms with E-state index in [0.29, 0.717) is 0 Å². The van der Waals surface area contributed by atoms with Crippen molar-refractivity contribution in [2.75, 3.05) is 4.90 Å². The molecule has 0 fully saturated rings. The van der Waals surface area contributed by atoms with E-state index in [1.807, 2.05) is 11.3 Å². The van der Waals surface area contributed by atoms with Crippen LogP contribution >= 0.6 is 11.3 Å². The number of benzene rings is 8. The molecule has 0 atom stereocenters. The second kappa shape index (κ2) is 10.4. The minimum atomic E-state index is -0.0957. The Kier molecular flexibility index (Phi) is 6.02. The highest BCUT2D eigenvalue weighted by atomic mass is 32.1. The molecule has 2 heteroatoms. The summed E-state index contributed by atoms with van der Waals surface area (Å²) in [4.78, 5) is 2.50. The maximum Gasteiger partial charge on any atom is 0.0468 e. The van der Waals surface area contributed by atoms with Crippen molar-refractivity contribution in [2.45, 2.75) is 38.5 Å². The first kappa shape index (κ1) is 30.0. The van der Waals surface area contributed by atoms with Gasteiger partial charge in [0.1, 0.15) is 0 Å². The molecular weight excluding hydrogens is 647 g/mol. The van der Waals surface area contributed by atoms with Crippen molar-refractivity contribution in [3.63, 3.8) is 0 Å². The predicted octanol–water partition coefficient (Wildman–Crippen LogP) is 14.4. The van der Waals surface area contributed by atoms with Crippen molar-refractivity contribution < 1.29 is 0 Å². The van der Waals surface area contributed by atoms with Crippen LogP contribution in [0.25, 0.3) is 64.0 Å². The highest BCUT2D eigenvalue weighted by molar-refractivity contribution is 7.26. The van der Waals surface area contributed by atoms with Crippen LogP contribution in [0.2, 0.25) is 0 Å². The Hall–Kier alpha value is -5.70. The first-order valence-corrected chi connectivity index (χ1v) is 19.2. The van der Waals surface area contributed by atoms with Gasteiger partial charge in [0.15, 0.2) is 0 Å². The lowest BCUT2D eigenvalue weighted by atomic mass is 9.82. The first-order chi connectivity index (χ1) is 25.3. The Labute approximate surface area is 308 Å². The van der Waals surface area contributed by atoms with Crippen molar-refractivity contribution >= 4 is 70.1 Å². The lowest BCUT2D eigenvalue weighted by Gasteiger charge is -2.30. The van der Waals surface area contributed by atoms with Crippen LogP contribution in [-0.4, -0.2) is 0 Å². The maximum absolute atomic E-state index is 2.50. The molecule has 0 spiro atoms. The summed E-state index contributed by atoms with van der Waals surface area (Å²) in [5.41, 5.74) is 14.3. The zero-order chi connectivity index (χ0) is 34.9. The van der Waals surface area contributed by atoms with E-state index in [1.54, 1.807) is 0 Å². The first-order valence-electron chi connectivity index (χ1n) is 18.3. The Bertz CT molecular complexity index is 2870. The van der Waals surface area contributed by atoms with Gasteiger partial charge in [0, 0.05) is 53.5 Å². The Balaban J connectivity index is 1.17. The lowest BCUT2D eigenvalue weighted by molar-refractivity contribution is 0.660. The molecule has 1 aromatic heterocycles. The van der Waals surface area contributed by atoms with Crippen LogP contribution in [0.5, 0.6) is 0 Å². The summed E-state index contributed by atoms with van der Waals surface area (Å²) < 4.78 is 2.70. The van der Waals surface area contributed by atoms with E-state index in [0.717, 1.165) is 0 Å². The lowest BCUT2D eigenvalue weighted by Crippen LogP contribution is -2.18. The molecule has 0 unspecified atom stereocenters. The van der Waals surface area contributed by atoms with E-state index < -0.39 is 0 Å². The molecule has 0 aliphatic heterocycles. The third-order valence-corrected chi connectivity index (χ3v) is 13.4. The summed E-state index contributed by atoms with van der Waals surface area (Å²) in [6.45, 7) is 9.50. The number of fused-ring (bicyclic) bond motifs is 13. The summed E-state index contributed by atoms with van der Waals surface area (Å²) in [7, 11) is 0. The minimum absolute atomic E-state index is 0.0957. The van der Waals surface area contributed by atoms with Gasteiger partial charge in [-0.25, -0.2) is 0 Å². The molecule has 11 rings (SSSR count). The quantitative estimate of drug-likeness (QED) is 0.168. The molecule has 248 valence electrons. The molecule has 0 saturated carbocycles. The van der Waals surface area contributed by atoms with Gasteiger partial charge in [-0.15, -0.1) is 11.3 Å². The summed E-state index contributed by atoms with van der Waals surface area (Å²) >= 11 is 1.91. The number of hydrogen-bond donors (Lipinski definition) is 0. The van der Waals surface area contributed by atoms with Gasteiger partial charge in [-0.3, -0.25) is 0 Å². The topological polar surface area (TPSA) is 3.24 Å². The smallest absolute Gasteiger partial charge is 0.0468 e. The van der Waals surface area contributed by atoms with Crippen molar-refractivity contribution in [3.05, 3.63) is 174 Å². The molecular formula is C50H37NS. The molecule has 2 aliphatic carbocycles. The fourth-order valence-corrected chi connectivity index (χ4v) is 10.8. The summed E-state index contributed by atoms with van der Waals surface area (Å²) in [6.07, 6.45) is 0. The van der Waals surface area contributed by atoms with E-state index in [4.69, 9.17) is 0 Å². The minimum Gasteiger partial charge on any atom is -0.310 e. The van der Waals surface area contributed by atoms with Gasteiger partial charge in [-0.05, 0) is 103 Å². The van der Waals surface area contributed by atoms with E-state index in [2.05, 4.69) is 184 Å². The normalized spacial score (nSPS) is 14.8. The molecule has 0 N–H and O–H groups in total. The molecule has 0 saturated heterocycles. The monoisotopic (exact) mass is 683 g/mol. The van der Waals surface area contributed by atoms with Gasteiger partial charge in [-0.2, -0.15) is 0 Å². The predicted molar refractivity (Wildman–Crippen MR) is 224 cm³/mol. The van der Waals surface area contributed by atoms with E-state index >= 15 is 0 Å². The average molecular weight is 684 g/mol. The molecule has 0 radical (unpaired) electrons. The SMILES string of the molecule is CC1(C)c2ccccc2-c2ccc(N(c3ccc4c(c3)C(C)(C)c3ccccc3-4)c3ccc4ccc5ccc6c7ccccc7sc6c5c4c3)cc21. The van der Waals surface area contributed by atoms with E-state index in [-0.39, 0.29) is 10.8 Å². The maximum atomic E-state index is 2.50. The fourth-order valence-electron chi connectivity index (χ4n) is 9.56. The molecule has 0 bridgehead atoms. The average Bonchev–Trinajstić information content (AvgIpc) is 3.74. The standard InChI is InChI=1S/C50H37NS/c1-49(2)42-14-8-5-11-35(42)37-25-22-33(28-44(37)49)51(34-23-26-38-36-12-6-9-15-43(36)50(3,4)45(38)29-34)32-21-19-30-17-18-31-20-24-40-39-13-7-10-16-46(39)52-48(40)47(31)41(30)27-32/h5-29H,1-4H3. The zero-order valence-corrected chi connectivity index (χ0v) is 30.6. The summed E-state index contributed by atoms with van der Waals surface area (Å²) in [6, 6.07) is 57.3. The van der Waals surface area contributed by atoms with Crippen LogP contribution < -0.4 is 4.90 Å². The largest absolute Gasteiger partial charge is 0.310 e. The van der Waals surface area contributed by atoms with Crippen LogP contribution in [0.4, 0.5) is 17.1 Å². The van der Waals surface area contributed by atoms with E-state index in [1.165, 1.54) is 103 Å². The number of nitrogens with zero attached hydrogens (tertiary/aromatic N) is 1. The molecule has 0 amide bonds. The van der Waals surface area contributed by atoms with Crippen molar-refractivity contribution in [1.82, 2.24) is 0 Å². The molecule has 2 aliphatic rings. The van der Waals surface area contributed by atoms with E-state index in [9.17, 15) is 0 Å². The molecule has 52 heavy (non-hydrogen) atoms. The molecule has 8 aromatic carbocycles. The van der Waals surface area contributed by atoms with Crippen LogP contribution in [0.1, 0.15) is 49.9 Å². The number of hydrogen-bond acceptors (Lipinski definition) is 2. The van der Waals surface area contributed by atoms with Crippen LogP contribution in [0.3, 0.4) is 0 Å². The van der Waals surface area contributed by atoms with Gasteiger partial charge < -0.3 is 4.90 Å². The second-order valence-corrected chi connectivity index (χ2v) is 16.8. The zero-order valence-electron chi connectivity index (χ0n) is 29.8. The Morgan fingerprint density at radius 1 is 0.404 bits per heavy atom. The van der Waals surface area contributed by atoms with Gasteiger partial charge in [0.25, 0.3) is 0 Å². The molecule has 9 aromatic rings. The number of anilines is 3. The van der Waals surface area contributed by atoms with Gasteiger partial charge in [-0.1, -0.05) is 137 Å². The Morgan fingerprint density at radius 3 is 1.58 bits per heavy atom.